The first kappa shape index (κ1) is 16.0. The van der Waals surface area contributed by atoms with Crippen molar-refractivity contribution in [1.82, 2.24) is 20.0 Å². The van der Waals surface area contributed by atoms with Crippen molar-refractivity contribution >= 4 is 5.69 Å². The van der Waals surface area contributed by atoms with E-state index in [1.165, 1.54) is 0 Å². The van der Waals surface area contributed by atoms with E-state index < -0.39 is 0 Å². The lowest BCUT2D eigenvalue weighted by atomic mass is 10.1. The first-order chi connectivity index (χ1) is 10.0. The summed E-state index contributed by atoms with van der Waals surface area (Å²) in [5.41, 5.74) is 0.919. The highest BCUT2D eigenvalue weighted by Crippen LogP contribution is 2.12. The Balaban J connectivity index is 2.09. The average molecular weight is 293 g/mol. The molecule has 0 amide bonds. The van der Waals surface area contributed by atoms with Gasteiger partial charge < -0.3 is 15.1 Å². The van der Waals surface area contributed by atoms with Gasteiger partial charge in [0, 0.05) is 38.3 Å². The van der Waals surface area contributed by atoms with Crippen LogP contribution in [0.3, 0.4) is 0 Å². The van der Waals surface area contributed by atoms with E-state index in [1.54, 1.807) is 10.7 Å². The van der Waals surface area contributed by atoms with Crippen molar-refractivity contribution in [3.05, 3.63) is 22.6 Å². The SMILES string of the molecule is CNC(Cn1ncc(N2CCN(C)CC2)cc1=O)C(C)C. The number of piperazine rings is 1. The van der Waals surface area contributed by atoms with E-state index in [0.29, 0.717) is 12.5 Å². The largest absolute Gasteiger partial charge is 0.368 e. The van der Waals surface area contributed by atoms with Gasteiger partial charge in [-0.3, -0.25) is 4.79 Å². The highest BCUT2D eigenvalue weighted by atomic mass is 16.1. The molecule has 1 aliphatic rings. The first-order valence-electron chi connectivity index (χ1n) is 7.69. The molecule has 1 atom stereocenters. The molecule has 0 spiro atoms. The van der Waals surface area contributed by atoms with Gasteiger partial charge in [-0.25, -0.2) is 4.68 Å². The molecule has 0 saturated carbocycles. The minimum absolute atomic E-state index is 0.0210. The normalized spacial score (nSPS) is 18.2. The summed E-state index contributed by atoms with van der Waals surface area (Å²) in [7, 11) is 4.05. The fraction of sp³-hybridized carbons (Fsp3) is 0.733. The molecule has 6 heteroatoms. The molecule has 1 aromatic heterocycles. The number of nitrogens with zero attached hydrogens (tertiary/aromatic N) is 4. The van der Waals surface area contributed by atoms with Crippen LogP contribution in [-0.4, -0.2) is 61.0 Å². The topological polar surface area (TPSA) is 53.4 Å². The Hall–Kier alpha value is -1.40. The van der Waals surface area contributed by atoms with Crippen molar-refractivity contribution in [2.75, 3.05) is 45.2 Å². The van der Waals surface area contributed by atoms with Crippen LogP contribution in [0.4, 0.5) is 5.69 Å². The number of anilines is 1. The molecule has 6 nitrogen and oxygen atoms in total. The second-order valence-electron chi connectivity index (χ2n) is 6.16. The summed E-state index contributed by atoms with van der Waals surface area (Å²) in [4.78, 5) is 16.8. The Morgan fingerprint density at radius 1 is 1.29 bits per heavy atom. The highest BCUT2D eigenvalue weighted by Gasteiger charge is 2.17. The zero-order valence-corrected chi connectivity index (χ0v) is 13.5. The molecule has 0 radical (unpaired) electrons. The van der Waals surface area contributed by atoms with Gasteiger partial charge in [-0.2, -0.15) is 5.10 Å². The van der Waals surface area contributed by atoms with Crippen LogP contribution in [0.25, 0.3) is 0 Å². The van der Waals surface area contributed by atoms with Gasteiger partial charge >= 0.3 is 0 Å². The molecule has 21 heavy (non-hydrogen) atoms. The summed E-state index contributed by atoms with van der Waals surface area (Å²) in [6, 6.07) is 1.97. The molecule has 1 N–H and O–H groups in total. The smallest absolute Gasteiger partial charge is 0.268 e. The third kappa shape index (κ3) is 4.04. The fourth-order valence-electron chi connectivity index (χ4n) is 2.62. The summed E-state index contributed by atoms with van der Waals surface area (Å²) in [6.45, 7) is 8.85. The predicted molar refractivity (Wildman–Crippen MR) is 85.9 cm³/mol. The van der Waals surface area contributed by atoms with Crippen molar-refractivity contribution in [3.63, 3.8) is 0 Å². The maximum Gasteiger partial charge on any atom is 0.268 e. The molecular formula is C15H27N5O. The number of hydrogen-bond acceptors (Lipinski definition) is 5. The molecule has 0 aliphatic carbocycles. The quantitative estimate of drug-likeness (QED) is 0.843. The van der Waals surface area contributed by atoms with Crippen molar-refractivity contribution in [2.24, 2.45) is 5.92 Å². The molecule has 1 unspecified atom stereocenters. The van der Waals surface area contributed by atoms with Crippen LogP contribution in [0.2, 0.25) is 0 Å². The molecule has 2 rings (SSSR count). The monoisotopic (exact) mass is 293 g/mol. The van der Waals surface area contributed by atoms with E-state index in [4.69, 9.17) is 0 Å². The van der Waals surface area contributed by atoms with Crippen LogP contribution in [0, 0.1) is 5.92 Å². The Kier molecular flexibility index (Phi) is 5.36. The van der Waals surface area contributed by atoms with Crippen molar-refractivity contribution in [3.8, 4) is 0 Å². The predicted octanol–water partition coefficient (Wildman–Crippen LogP) is 0.239. The maximum atomic E-state index is 12.3. The zero-order valence-electron chi connectivity index (χ0n) is 13.5. The van der Waals surface area contributed by atoms with Gasteiger partial charge in [0.05, 0.1) is 18.4 Å². The third-order valence-electron chi connectivity index (χ3n) is 4.27. The van der Waals surface area contributed by atoms with Gasteiger partial charge in [-0.15, -0.1) is 0 Å². The average Bonchev–Trinajstić information content (AvgIpc) is 2.46. The van der Waals surface area contributed by atoms with E-state index in [2.05, 4.69) is 41.1 Å². The Bertz CT molecular complexity index is 505. The lowest BCUT2D eigenvalue weighted by Crippen LogP contribution is -2.45. The van der Waals surface area contributed by atoms with E-state index in [1.807, 2.05) is 13.2 Å². The second-order valence-corrected chi connectivity index (χ2v) is 6.16. The number of hydrogen-bond donors (Lipinski definition) is 1. The first-order valence-corrected chi connectivity index (χ1v) is 7.69. The van der Waals surface area contributed by atoms with Crippen LogP contribution in [0.15, 0.2) is 17.1 Å². The molecule has 1 aliphatic heterocycles. The summed E-state index contributed by atoms with van der Waals surface area (Å²) in [6.07, 6.45) is 1.82. The van der Waals surface area contributed by atoms with E-state index in [-0.39, 0.29) is 11.6 Å². The van der Waals surface area contributed by atoms with Crippen molar-refractivity contribution in [1.29, 1.82) is 0 Å². The number of likely N-dealkylation sites (N-methyl/N-ethyl adjacent to an activating group) is 2. The number of rotatable bonds is 5. The minimum Gasteiger partial charge on any atom is -0.368 e. The number of nitrogens with one attached hydrogen (secondary N) is 1. The van der Waals surface area contributed by atoms with E-state index >= 15 is 0 Å². The van der Waals surface area contributed by atoms with Gasteiger partial charge in [0.2, 0.25) is 0 Å². The van der Waals surface area contributed by atoms with E-state index in [0.717, 1.165) is 31.9 Å². The van der Waals surface area contributed by atoms with Gasteiger partial charge in [0.25, 0.3) is 5.56 Å². The minimum atomic E-state index is -0.0210. The van der Waals surface area contributed by atoms with Crippen LogP contribution in [0.1, 0.15) is 13.8 Å². The molecule has 1 fully saturated rings. The summed E-state index contributed by atoms with van der Waals surface area (Å²) in [5, 5.41) is 7.60. The van der Waals surface area contributed by atoms with Crippen LogP contribution < -0.4 is 15.8 Å². The molecule has 0 aromatic carbocycles. The second kappa shape index (κ2) is 7.04. The maximum absolute atomic E-state index is 12.3. The van der Waals surface area contributed by atoms with Crippen LogP contribution >= 0.6 is 0 Å². The Morgan fingerprint density at radius 3 is 2.48 bits per heavy atom. The zero-order chi connectivity index (χ0) is 15.4. The molecule has 0 bridgehead atoms. The van der Waals surface area contributed by atoms with Gasteiger partial charge in [0.15, 0.2) is 0 Å². The van der Waals surface area contributed by atoms with Crippen molar-refractivity contribution in [2.45, 2.75) is 26.4 Å². The summed E-state index contributed by atoms with van der Waals surface area (Å²) in [5.74, 6) is 0.459. The lowest BCUT2D eigenvalue weighted by Gasteiger charge is -2.33. The standard InChI is InChI=1S/C15H27N5O/c1-12(2)14(16-3)11-20-15(21)9-13(10-17-20)19-7-5-18(4)6-8-19/h9-10,12,14,16H,5-8,11H2,1-4H3. The fourth-order valence-corrected chi connectivity index (χ4v) is 2.62. The molecule has 1 aromatic rings. The molecule has 1 saturated heterocycles. The van der Waals surface area contributed by atoms with Gasteiger partial charge in [-0.1, -0.05) is 13.8 Å². The molecular weight excluding hydrogens is 266 g/mol. The van der Waals surface area contributed by atoms with Gasteiger partial charge in [0.1, 0.15) is 0 Å². The lowest BCUT2D eigenvalue weighted by molar-refractivity contribution is 0.312. The van der Waals surface area contributed by atoms with Crippen LogP contribution in [0.5, 0.6) is 0 Å². The van der Waals surface area contributed by atoms with Crippen LogP contribution in [-0.2, 0) is 6.54 Å². The highest BCUT2D eigenvalue weighted by molar-refractivity contribution is 5.43. The summed E-state index contributed by atoms with van der Waals surface area (Å²) < 4.78 is 1.56. The van der Waals surface area contributed by atoms with Gasteiger partial charge in [-0.05, 0) is 20.0 Å². The summed E-state index contributed by atoms with van der Waals surface area (Å²) >= 11 is 0. The molecule has 2 heterocycles. The number of aromatic nitrogens is 2. The Morgan fingerprint density at radius 2 is 1.95 bits per heavy atom. The van der Waals surface area contributed by atoms with Crippen molar-refractivity contribution < 1.29 is 0 Å². The molecule has 118 valence electrons. The van der Waals surface area contributed by atoms with E-state index in [9.17, 15) is 4.79 Å². The third-order valence-corrected chi connectivity index (χ3v) is 4.27. The Labute approximate surface area is 126 Å².